The molecule has 2 rings (SSSR count). The Bertz CT molecular complexity index is 482. The smallest absolute Gasteiger partial charge is 0.267 e. The normalized spacial score (nSPS) is 17.5. The zero-order chi connectivity index (χ0) is 13.3. The lowest BCUT2D eigenvalue weighted by atomic mass is 10.0. The number of hydrogen-bond donors (Lipinski definition) is 0. The largest absolute Gasteiger partial charge is 0.497 e. The molecular formula is C13H15NO3S. The van der Waals surface area contributed by atoms with Crippen molar-refractivity contribution in [1.82, 2.24) is 4.90 Å². The van der Waals surface area contributed by atoms with E-state index >= 15 is 0 Å². The van der Waals surface area contributed by atoms with Crippen LogP contribution in [0.4, 0.5) is 0 Å². The molecule has 1 aromatic carbocycles. The van der Waals surface area contributed by atoms with Gasteiger partial charge in [0.1, 0.15) is 12.4 Å². The molecule has 0 radical (unpaired) electrons. The van der Waals surface area contributed by atoms with Crippen LogP contribution < -0.4 is 4.74 Å². The van der Waals surface area contributed by atoms with Gasteiger partial charge in [0.2, 0.25) is 0 Å². The van der Waals surface area contributed by atoms with E-state index in [4.69, 9.17) is 21.7 Å². The fourth-order valence-corrected chi connectivity index (χ4v) is 2.22. The Morgan fingerprint density at radius 3 is 2.44 bits per heavy atom. The van der Waals surface area contributed by atoms with Crippen molar-refractivity contribution in [3.05, 3.63) is 29.8 Å². The molecule has 0 bridgehead atoms. The van der Waals surface area contributed by atoms with Gasteiger partial charge in [-0.05, 0) is 50.3 Å². The summed E-state index contributed by atoms with van der Waals surface area (Å²) in [5.41, 5.74) is 0.158. The van der Waals surface area contributed by atoms with Crippen molar-refractivity contribution in [2.75, 3.05) is 13.7 Å². The second-order valence-electron chi connectivity index (χ2n) is 4.74. The number of carbonyl (C=O) groups excluding carboxylic acids is 1. The molecule has 0 aromatic heterocycles. The van der Waals surface area contributed by atoms with Gasteiger partial charge >= 0.3 is 0 Å². The molecule has 1 aliphatic heterocycles. The quantitative estimate of drug-likeness (QED) is 0.769. The first-order valence-corrected chi connectivity index (χ1v) is 6.02. The van der Waals surface area contributed by atoms with Crippen LogP contribution in [0.1, 0.15) is 24.2 Å². The van der Waals surface area contributed by atoms with Crippen molar-refractivity contribution in [2.45, 2.75) is 19.4 Å². The molecule has 1 saturated heterocycles. The van der Waals surface area contributed by atoms with E-state index in [2.05, 4.69) is 0 Å². The maximum atomic E-state index is 12.4. The molecule has 4 nitrogen and oxygen atoms in total. The third-order valence-electron chi connectivity index (χ3n) is 2.88. The Morgan fingerprint density at radius 2 is 2.00 bits per heavy atom. The minimum atomic E-state index is -0.409. The Morgan fingerprint density at radius 1 is 1.39 bits per heavy atom. The maximum Gasteiger partial charge on any atom is 0.267 e. The van der Waals surface area contributed by atoms with E-state index in [1.807, 2.05) is 13.8 Å². The van der Waals surface area contributed by atoms with Gasteiger partial charge in [-0.3, -0.25) is 9.69 Å². The van der Waals surface area contributed by atoms with Gasteiger partial charge in [0.05, 0.1) is 12.6 Å². The predicted molar refractivity (Wildman–Crippen MR) is 71.8 cm³/mol. The number of hydrogen-bond acceptors (Lipinski definition) is 4. The van der Waals surface area contributed by atoms with E-state index in [9.17, 15) is 4.79 Å². The second-order valence-corrected chi connectivity index (χ2v) is 5.09. The van der Waals surface area contributed by atoms with Crippen LogP contribution in [0.25, 0.3) is 0 Å². The van der Waals surface area contributed by atoms with Crippen molar-refractivity contribution in [3.8, 4) is 5.75 Å². The van der Waals surface area contributed by atoms with Gasteiger partial charge in [0, 0.05) is 5.56 Å². The highest BCUT2D eigenvalue weighted by atomic mass is 32.1. The highest BCUT2D eigenvalue weighted by Gasteiger charge is 2.41. The average molecular weight is 265 g/mol. The standard InChI is InChI=1S/C13H15NO3S/c1-13(2)8-17-12(18)14(13)11(15)9-4-6-10(16-3)7-5-9/h4-7H,8H2,1-3H3. The monoisotopic (exact) mass is 265 g/mol. The number of benzene rings is 1. The van der Waals surface area contributed by atoms with Crippen LogP contribution in [0.2, 0.25) is 0 Å². The molecule has 1 heterocycles. The third-order valence-corrected chi connectivity index (χ3v) is 3.18. The first-order valence-electron chi connectivity index (χ1n) is 5.61. The van der Waals surface area contributed by atoms with Crippen molar-refractivity contribution in [1.29, 1.82) is 0 Å². The molecule has 0 N–H and O–H groups in total. The number of nitrogens with zero attached hydrogens (tertiary/aromatic N) is 1. The molecule has 5 heteroatoms. The zero-order valence-electron chi connectivity index (χ0n) is 10.6. The fraction of sp³-hybridized carbons (Fsp3) is 0.385. The minimum absolute atomic E-state index is 0.148. The van der Waals surface area contributed by atoms with Crippen LogP contribution in [-0.4, -0.2) is 35.2 Å². The summed E-state index contributed by atoms with van der Waals surface area (Å²) in [4.78, 5) is 13.9. The number of rotatable bonds is 2. The minimum Gasteiger partial charge on any atom is -0.497 e. The molecular weight excluding hydrogens is 250 g/mol. The van der Waals surface area contributed by atoms with Gasteiger partial charge in [0.15, 0.2) is 0 Å². The average Bonchev–Trinajstić information content (AvgIpc) is 2.63. The molecule has 0 atom stereocenters. The number of carbonyl (C=O) groups is 1. The lowest BCUT2D eigenvalue weighted by molar-refractivity contribution is 0.0767. The summed E-state index contributed by atoms with van der Waals surface area (Å²) >= 11 is 5.07. The Hall–Kier alpha value is -1.62. The number of amides is 1. The molecule has 1 fully saturated rings. The lowest BCUT2D eigenvalue weighted by Gasteiger charge is -2.27. The summed E-state index contributed by atoms with van der Waals surface area (Å²) in [5.74, 6) is 0.566. The summed E-state index contributed by atoms with van der Waals surface area (Å²) in [6, 6.07) is 6.94. The van der Waals surface area contributed by atoms with Gasteiger partial charge in [-0.25, -0.2) is 0 Å². The molecule has 0 unspecified atom stereocenters. The summed E-state index contributed by atoms with van der Waals surface area (Å²) < 4.78 is 10.3. The number of thiocarbonyl (C=S) groups is 1. The Kier molecular flexibility index (Phi) is 3.26. The molecule has 0 saturated carbocycles. The van der Waals surface area contributed by atoms with E-state index in [1.165, 1.54) is 4.90 Å². The second kappa shape index (κ2) is 4.57. The SMILES string of the molecule is COc1ccc(C(=O)N2C(=S)OCC2(C)C)cc1. The Balaban J connectivity index is 2.27. The fourth-order valence-electron chi connectivity index (χ4n) is 1.84. The maximum absolute atomic E-state index is 12.4. The molecule has 96 valence electrons. The van der Waals surface area contributed by atoms with E-state index in [0.29, 0.717) is 17.9 Å². The first kappa shape index (κ1) is 12.8. The molecule has 1 amide bonds. The van der Waals surface area contributed by atoms with Crippen LogP contribution in [0.3, 0.4) is 0 Å². The molecule has 0 aliphatic carbocycles. The van der Waals surface area contributed by atoms with Crippen molar-refractivity contribution in [3.63, 3.8) is 0 Å². The van der Waals surface area contributed by atoms with Crippen molar-refractivity contribution in [2.24, 2.45) is 0 Å². The van der Waals surface area contributed by atoms with Crippen LogP contribution in [-0.2, 0) is 4.74 Å². The van der Waals surface area contributed by atoms with Crippen LogP contribution in [0, 0.1) is 0 Å². The first-order chi connectivity index (χ1) is 8.45. The summed E-state index contributed by atoms with van der Waals surface area (Å²) in [6.45, 7) is 4.27. The van der Waals surface area contributed by atoms with Gasteiger partial charge in [-0.15, -0.1) is 0 Å². The molecule has 1 aliphatic rings. The topological polar surface area (TPSA) is 38.8 Å². The van der Waals surface area contributed by atoms with E-state index in [0.717, 1.165) is 0 Å². The van der Waals surface area contributed by atoms with Gasteiger partial charge in [-0.1, -0.05) is 0 Å². The lowest BCUT2D eigenvalue weighted by Crippen LogP contribution is -2.45. The Labute approximate surface area is 111 Å². The molecule has 0 spiro atoms. The van der Waals surface area contributed by atoms with Crippen LogP contribution >= 0.6 is 12.2 Å². The number of methoxy groups -OCH3 is 1. The zero-order valence-corrected chi connectivity index (χ0v) is 11.4. The summed E-state index contributed by atoms with van der Waals surface area (Å²) in [7, 11) is 1.59. The van der Waals surface area contributed by atoms with E-state index < -0.39 is 5.54 Å². The predicted octanol–water partition coefficient (Wildman–Crippen LogP) is 2.23. The van der Waals surface area contributed by atoms with Gasteiger partial charge in [-0.2, -0.15) is 0 Å². The van der Waals surface area contributed by atoms with Crippen molar-refractivity contribution < 1.29 is 14.3 Å². The van der Waals surface area contributed by atoms with Crippen LogP contribution in [0.5, 0.6) is 5.75 Å². The van der Waals surface area contributed by atoms with Crippen molar-refractivity contribution >= 4 is 23.3 Å². The van der Waals surface area contributed by atoms with E-state index in [-0.39, 0.29) is 11.1 Å². The van der Waals surface area contributed by atoms with Gasteiger partial charge in [0.25, 0.3) is 11.1 Å². The molecule has 1 aromatic rings. The third kappa shape index (κ3) is 2.18. The number of ether oxygens (including phenoxy) is 2. The van der Waals surface area contributed by atoms with Crippen LogP contribution in [0.15, 0.2) is 24.3 Å². The molecule has 18 heavy (non-hydrogen) atoms. The highest BCUT2D eigenvalue weighted by molar-refractivity contribution is 7.80. The highest BCUT2D eigenvalue weighted by Crippen LogP contribution is 2.26. The summed E-state index contributed by atoms with van der Waals surface area (Å²) in [5, 5.41) is 0.237. The van der Waals surface area contributed by atoms with Gasteiger partial charge < -0.3 is 9.47 Å². The van der Waals surface area contributed by atoms with E-state index in [1.54, 1.807) is 31.4 Å². The summed E-state index contributed by atoms with van der Waals surface area (Å²) in [6.07, 6.45) is 0.